The van der Waals surface area contributed by atoms with Crippen molar-refractivity contribution < 1.29 is 56.0 Å². The van der Waals surface area contributed by atoms with Crippen LogP contribution in [0.25, 0.3) is 0 Å². The van der Waals surface area contributed by atoms with Crippen LogP contribution in [0.5, 0.6) is 0 Å². The Morgan fingerprint density at radius 3 is 1.10 bits per heavy atom. The Labute approximate surface area is 234 Å². The molecule has 4 amide bonds. The van der Waals surface area contributed by atoms with E-state index in [0.717, 1.165) is 9.80 Å². The summed E-state index contributed by atoms with van der Waals surface area (Å²) in [6, 6.07) is 11.0. The Balaban J connectivity index is 0.000000267. The van der Waals surface area contributed by atoms with Gasteiger partial charge in [0, 0.05) is 25.2 Å². The molecule has 0 aliphatic carbocycles. The third-order valence-electron chi connectivity index (χ3n) is 6.16. The first-order valence-corrected chi connectivity index (χ1v) is 11.9. The maximum absolute atomic E-state index is 12.0. The Bertz CT molecular complexity index is 1120. The number of carboxylic acid groups (broad SMARTS) is 2. The second-order valence-electron chi connectivity index (χ2n) is 8.75. The van der Waals surface area contributed by atoms with E-state index in [1.165, 1.54) is 0 Å². The van der Waals surface area contributed by atoms with Crippen LogP contribution in [0.4, 0.5) is 0 Å². The summed E-state index contributed by atoms with van der Waals surface area (Å²) in [6.07, 6.45) is 0.993. The van der Waals surface area contributed by atoms with E-state index in [2.05, 4.69) is 0 Å². The standard InChI is InChI=1S/2C13H14N2O4.Cu/c2*14-10(13(18)19)6-3-7-15-11(16)8-4-1-2-5-9(8)12(15)17;/h2*1-2,4-5,10H,3,6-7,14H2,(H,18,19);/q;;+2/p-2/t2*10-;/m00./s1. The predicted molar refractivity (Wildman–Crippen MR) is 128 cm³/mol. The number of amides is 4. The summed E-state index contributed by atoms with van der Waals surface area (Å²) in [7, 11) is 0. The van der Waals surface area contributed by atoms with Gasteiger partial charge in [-0.05, 0) is 49.9 Å². The number of aliphatic carboxylic acids is 2. The number of rotatable bonds is 10. The van der Waals surface area contributed by atoms with Crippen LogP contribution in [0.1, 0.15) is 67.1 Å². The molecule has 0 bridgehead atoms. The number of hydrogen-bond donors (Lipinski definition) is 2. The molecular weight excluding hydrogens is 560 g/mol. The summed E-state index contributed by atoms with van der Waals surface area (Å²) in [5, 5.41) is 20.9. The predicted octanol–water partition coefficient (Wildman–Crippen LogP) is -1.72. The second-order valence-corrected chi connectivity index (χ2v) is 8.75. The molecule has 0 saturated heterocycles. The zero-order chi connectivity index (χ0) is 28.0. The van der Waals surface area contributed by atoms with Crippen molar-refractivity contribution in [1.29, 1.82) is 0 Å². The molecular formula is C26H26CuN4O8. The van der Waals surface area contributed by atoms with Gasteiger partial charge in [-0.15, -0.1) is 0 Å². The zero-order valence-corrected chi connectivity index (χ0v) is 21.6. The number of nitrogens with two attached hydrogens (primary N) is 2. The molecule has 0 saturated carbocycles. The molecule has 2 heterocycles. The molecule has 13 heteroatoms. The topological polar surface area (TPSA) is 207 Å². The first-order chi connectivity index (χ1) is 18.0. The van der Waals surface area contributed by atoms with Crippen molar-refractivity contribution in [1.82, 2.24) is 9.80 Å². The smallest absolute Gasteiger partial charge is 0.548 e. The third kappa shape index (κ3) is 7.15. The summed E-state index contributed by atoms with van der Waals surface area (Å²) in [5.74, 6) is -4.04. The number of nitrogens with zero attached hydrogens (tertiary/aromatic N) is 2. The van der Waals surface area contributed by atoms with Crippen LogP contribution in [0.3, 0.4) is 0 Å². The summed E-state index contributed by atoms with van der Waals surface area (Å²) in [5.41, 5.74) is 12.2. The quantitative estimate of drug-likeness (QED) is 0.238. The van der Waals surface area contributed by atoms with Crippen LogP contribution < -0.4 is 21.7 Å². The fraction of sp³-hybridized carbons (Fsp3) is 0.308. The van der Waals surface area contributed by atoms with Gasteiger partial charge in [0.25, 0.3) is 23.6 Å². The first kappa shape index (κ1) is 31.3. The van der Waals surface area contributed by atoms with Gasteiger partial charge in [-0.1, -0.05) is 24.3 Å². The maximum Gasteiger partial charge on any atom is 2.00 e. The molecule has 0 spiro atoms. The molecule has 2 aliphatic rings. The molecule has 0 unspecified atom stereocenters. The number of carboxylic acids is 2. The molecule has 39 heavy (non-hydrogen) atoms. The minimum atomic E-state index is -1.33. The van der Waals surface area contributed by atoms with Crippen LogP contribution in [0.15, 0.2) is 48.5 Å². The Morgan fingerprint density at radius 1 is 0.615 bits per heavy atom. The number of hydrogen-bond acceptors (Lipinski definition) is 10. The van der Waals surface area contributed by atoms with E-state index in [9.17, 15) is 39.0 Å². The van der Waals surface area contributed by atoms with Gasteiger partial charge in [0.1, 0.15) is 0 Å². The molecule has 209 valence electrons. The van der Waals surface area contributed by atoms with Gasteiger partial charge in [-0.2, -0.15) is 0 Å². The molecule has 0 fully saturated rings. The summed E-state index contributed by atoms with van der Waals surface area (Å²) in [6.45, 7) is 0.320. The minimum absolute atomic E-state index is 0. The molecule has 1 radical (unpaired) electrons. The van der Waals surface area contributed by atoms with Gasteiger partial charge in [-0.25, -0.2) is 0 Å². The second kappa shape index (κ2) is 13.8. The SMILES string of the molecule is N[C@@H](CCCN1C(=O)c2ccccc2C1=O)C(=O)[O-].N[C@@H](CCCN1C(=O)c2ccccc2C1=O)C(=O)[O-].[Cu+2]. The maximum atomic E-state index is 12.0. The van der Waals surface area contributed by atoms with Crippen LogP contribution in [0.2, 0.25) is 0 Å². The van der Waals surface area contributed by atoms with Crippen molar-refractivity contribution in [3.8, 4) is 0 Å². The van der Waals surface area contributed by atoms with E-state index in [1.54, 1.807) is 48.5 Å². The zero-order valence-electron chi connectivity index (χ0n) is 20.6. The number of benzene rings is 2. The fourth-order valence-corrected chi connectivity index (χ4v) is 4.06. The van der Waals surface area contributed by atoms with E-state index in [-0.39, 0.29) is 66.6 Å². The van der Waals surface area contributed by atoms with E-state index in [1.807, 2.05) is 0 Å². The van der Waals surface area contributed by atoms with Crippen molar-refractivity contribution >= 4 is 35.6 Å². The van der Waals surface area contributed by atoms with E-state index in [4.69, 9.17) is 11.5 Å². The normalized spacial score (nSPS) is 15.1. The third-order valence-corrected chi connectivity index (χ3v) is 6.16. The molecule has 2 atom stereocenters. The van der Waals surface area contributed by atoms with Crippen LogP contribution >= 0.6 is 0 Å². The molecule has 4 rings (SSSR count). The van der Waals surface area contributed by atoms with Crippen LogP contribution in [-0.2, 0) is 26.7 Å². The summed E-state index contributed by atoms with van der Waals surface area (Å²) < 4.78 is 0. The van der Waals surface area contributed by atoms with E-state index >= 15 is 0 Å². The van der Waals surface area contributed by atoms with Gasteiger partial charge in [0.05, 0.1) is 34.2 Å². The average Bonchev–Trinajstić information content (AvgIpc) is 3.29. The molecule has 2 aromatic carbocycles. The largest absolute Gasteiger partial charge is 2.00 e. The van der Waals surface area contributed by atoms with E-state index < -0.39 is 24.0 Å². The number of fused-ring (bicyclic) bond motifs is 2. The van der Waals surface area contributed by atoms with Crippen molar-refractivity contribution in [2.45, 2.75) is 37.8 Å². The van der Waals surface area contributed by atoms with Crippen molar-refractivity contribution in [3.63, 3.8) is 0 Å². The number of carbonyl (C=O) groups is 6. The van der Waals surface area contributed by atoms with Crippen molar-refractivity contribution in [2.24, 2.45) is 11.5 Å². The minimum Gasteiger partial charge on any atom is -0.548 e. The summed E-state index contributed by atoms with van der Waals surface area (Å²) in [4.78, 5) is 71.0. The van der Waals surface area contributed by atoms with Gasteiger partial charge in [0.15, 0.2) is 0 Å². The van der Waals surface area contributed by atoms with Crippen LogP contribution in [-0.4, -0.2) is 70.5 Å². The number of carbonyl (C=O) groups excluding carboxylic acids is 6. The molecule has 2 aromatic rings. The Hall–Kier alpha value is -3.90. The molecule has 2 aliphatic heterocycles. The van der Waals surface area contributed by atoms with Crippen LogP contribution in [0, 0.1) is 0 Å². The summed E-state index contributed by atoms with van der Waals surface area (Å²) >= 11 is 0. The van der Waals surface area contributed by atoms with Gasteiger partial charge < -0.3 is 31.3 Å². The van der Waals surface area contributed by atoms with Crippen molar-refractivity contribution in [3.05, 3.63) is 70.8 Å². The van der Waals surface area contributed by atoms with E-state index in [0.29, 0.717) is 35.1 Å². The Kier molecular flexibility index (Phi) is 11.1. The molecule has 12 nitrogen and oxygen atoms in total. The molecule has 0 aromatic heterocycles. The average molecular weight is 586 g/mol. The number of imide groups is 2. The monoisotopic (exact) mass is 585 g/mol. The molecule has 4 N–H and O–H groups in total. The first-order valence-electron chi connectivity index (χ1n) is 11.9. The van der Waals surface area contributed by atoms with Gasteiger partial charge in [-0.3, -0.25) is 29.0 Å². The van der Waals surface area contributed by atoms with Crippen molar-refractivity contribution in [2.75, 3.05) is 13.1 Å². The Morgan fingerprint density at radius 2 is 0.872 bits per heavy atom. The fourth-order valence-electron chi connectivity index (χ4n) is 4.06. The van der Waals surface area contributed by atoms with Gasteiger partial charge in [0.2, 0.25) is 0 Å². The van der Waals surface area contributed by atoms with Gasteiger partial charge >= 0.3 is 17.1 Å².